The molecule has 0 fully saturated rings. The molecule has 0 aromatic heterocycles. The Morgan fingerprint density at radius 3 is 1.89 bits per heavy atom. The van der Waals surface area contributed by atoms with Gasteiger partial charge < -0.3 is 10.5 Å². The van der Waals surface area contributed by atoms with E-state index < -0.39 is 0 Å². The van der Waals surface area contributed by atoms with Crippen molar-refractivity contribution in [1.29, 1.82) is 0 Å². The van der Waals surface area contributed by atoms with Gasteiger partial charge in [-0.15, -0.1) is 0 Å². The first-order chi connectivity index (χ1) is 13.0. The molecular formula is C23H32N2O2. The van der Waals surface area contributed by atoms with Gasteiger partial charge in [0.2, 0.25) is 0 Å². The Morgan fingerprint density at radius 2 is 1.44 bits per heavy atom. The lowest BCUT2D eigenvalue weighted by molar-refractivity contribution is 0.0907. The molecule has 4 heteroatoms. The minimum Gasteiger partial charge on any atom is -0.448 e. The van der Waals surface area contributed by atoms with Gasteiger partial charge in [0.05, 0.1) is 0 Å². The minimum absolute atomic E-state index is 0.102. The third kappa shape index (κ3) is 7.43. The number of ether oxygens (including phenoxy) is 1. The highest BCUT2D eigenvalue weighted by molar-refractivity contribution is 5.67. The lowest BCUT2D eigenvalue weighted by atomic mass is 10.1. The fourth-order valence-corrected chi connectivity index (χ4v) is 2.83. The molecule has 0 bridgehead atoms. The monoisotopic (exact) mass is 368 g/mol. The number of benzene rings is 2. The van der Waals surface area contributed by atoms with Crippen LogP contribution in [-0.2, 0) is 17.8 Å². The molecule has 0 aliphatic heterocycles. The molecule has 0 spiro atoms. The van der Waals surface area contributed by atoms with E-state index in [4.69, 9.17) is 10.5 Å². The number of hydrogen-bond acceptors (Lipinski definition) is 3. The summed E-state index contributed by atoms with van der Waals surface area (Å²) in [7, 11) is 0. The molecule has 0 aliphatic carbocycles. The van der Waals surface area contributed by atoms with Gasteiger partial charge in [-0.3, -0.25) is 4.90 Å². The van der Waals surface area contributed by atoms with Gasteiger partial charge in [-0.05, 0) is 31.4 Å². The molecule has 0 unspecified atom stereocenters. The van der Waals surface area contributed by atoms with Gasteiger partial charge in [-0.25, -0.2) is 4.79 Å². The lowest BCUT2D eigenvalue weighted by Crippen LogP contribution is -2.35. The van der Waals surface area contributed by atoms with Crippen molar-refractivity contribution in [2.24, 2.45) is 5.73 Å². The second-order valence-electron chi connectivity index (χ2n) is 7.31. The molecule has 2 aromatic carbocycles. The number of hydrogen-bond donors (Lipinski definition) is 1. The van der Waals surface area contributed by atoms with E-state index in [1.165, 1.54) is 11.1 Å². The van der Waals surface area contributed by atoms with Crippen molar-refractivity contribution >= 4 is 6.09 Å². The maximum atomic E-state index is 12.7. The van der Waals surface area contributed by atoms with Gasteiger partial charge in [-0.2, -0.15) is 0 Å². The van der Waals surface area contributed by atoms with Crippen LogP contribution in [-0.4, -0.2) is 23.6 Å². The van der Waals surface area contributed by atoms with Crippen molar-refractivity contribution in [3.8, 4) is 0 Å². The first-order valence-electron chi connectivity index (χ1n) is 9.76. The van der Waals surface area contributed by atoms with Crippen LogP contribution in [0.15, 0.2) is 48.5 Å². The number of rotatable bonds is 9. The van der Waals surface area contributed by atoms with Crippen LogP contribution in [0, 0.1) is 13.8 Å². The number of carbonyl (C=O) groups excluding carboxylic acids is 1. The maximum Gasteiger partial charge on any atom is 0.410 e. The predicted octanol–water partition coefficient (Wildman–Crippen LogP) is 4.96. The molecule has 4 nitrogen and oxygen atoms in total. The molecule has 1 amide bonds. The summed E-state index contributed by atoms with van der Waals surface area (Å²) in [6, 6.07) is 16.4. The van der Waals surface area contributed by atoms with Crippen LogP contribution in [0.3, 0.4) is 0 Å². The Morgan fingerprint density at radius 1 is 0.963 bits per heavy atom. The highest BCUT2D eigenvalue weighted by Gasteiger charge is 2.17. The standard InChI is InChI=1S/C23H32N2O2/c1-4-5-6-22(24)17-27-23(26)25(15-20-11-7-18(2)8-12-20)16-21-13-9-19(3)10-14-21/h7-14,22H,4-6,15-17,24H2,1-3H3/t22-/m0/s1. The molecule has 27 heavy (non-hydrogen) atoms. The van der Waals surface area contributed by atoms with Crippen LogP contribution in [0.25, 0.3) is 0 Å². The maximum absolute atomic E-state index is 12.7. The van der Waals surface area contributed by atoms with Crippen LogP contribution in [0.5, 0.6) is 0 Å². The molecule has 2 N–H and O–H groups in total. The van der Waals surface area contributed by atoms with Crippen molar-refractivity contribution in [3.63, 3.8) is 0 Å². The third-order valence-corrected chi connectivity index (χ3v) is 4.60. The fraction of sp³-hybridized carbons (Fsp3) is 0.435. The number of carbonyl (C=O) groups is 1. The van der Waals surface area contributed by atoms with Crippen molar-refractivity contribution in [2.75, 3.05) is 6.61 Å². The SMILES string of the molecule is CCCC[C@H](N)COC(=O)N(Cc1ccc(C)cc1)Cc1ccc(C)cc1. The van der Waals surface area contributed by atoms with Crippen LogP contribution in [0.1, 0.15) is 48.4 Å². The summed E-state index contributed by atoms with van der Waals surface area (Å²) in [5.74, 6) is 0. The van der Waals surface area contributed by atoms with E-state index in [0.717, 1.165) is 30.4 Å². The van der Waals surface area contributed by atoms with E-state index in [0.29, 0.717) is 13.1 Å². The summed E-state index contributed by atoms with van der Waals surface area (Å²) in [5.41, 5.74) is 10.6. The summed E-state index contributed by atoms with van der Waals surface area (Å²) in [5, 5.41) is 0. The number of nitrogens with two attached hydrogens (primary N) is 1. The third-order valence-electron chi connectivity index (χ3n) is 4.60. The van der Waals surface area contributed by atoms with Crippen LogP contribution in [0.2, 0.25) is 0 Å². The molecule has 1 atom stereocenters. The zero-order chi connectivity index (χ0) is 19.6. The highest BCUT2D eigenvalue weighted by atomic mass is 16.6. The first-order valence-corrected chi connectivity index (χ1v) is 9.76. The Bertz CT molecular complexity index is 648. The number of amides is 1. The topological polar surface area (TPSA) is 55.6 Å². The van der Waals surface area contributed by atoms with E-state index in [9.17, 15) is 4.79 Å². The Hall–Kier alpha value is -2.33. The van der Waals surface area contributed by atoms with E-state index in [2.05, 4.69) is 69.3 Å². The summed E-state index contributed by atoms with van der Waals surface area (Å²) in [6.07, 6.45) is 2.70. The smallest absolute Gasteiger partial charge is 0.410 e. The van der Waals surface area contributed by atoms with Gasteiger partial charge >= 0.3 is 6.09 Å². The summed E-state index contributed by atoms with van der Waals surface area (Å²) < 4.78 is 5.52. The Balaban J connectivity index is 2.04. The van der Waals surface area contributed by atoms with Gasteiger partial charge in [0.25, 0.3) is 0 Å². The summed E-state index contributed by atoms with van der Waals surface area (Å²) >= 11 is 0. The molecule has 0 saturated carbocycles. The zero-order valence-corrected chi connectivity index (χ0v) is 16.8. The van der Waals surface area contributed by atoms with Crippen molar-refractivity contribution in [3.05, 3.63) is 70.8 Å². The second-order valence-corrected chi connectivity index (χ2v) is 7.31. The molecule has 0 saturated heterocycles. The average Bonchev–Trinajstić information content (AvgIpc) is 2.67. The highest BCUT2D eigenvalue weighted by Crippen LogP contribution is 2.14. The van der Waals surface area contributed by atoms with Gasteiger partial charge in [0.15, 0.2) is 0 Å². The van der Waals surface area contributed by atoms with Gasteiger partial charge in [0.1, 0.15) is 6.61 Å². The van der Waals surface area contributed by atoms with E-state index >= 15 is 0 Å². The molecule has 0 heterocycles. The molecule has 146 valence electrons. The predicted molar refractivity (Wildman–Crippen MR) is 110 cm³/mol. The van der Waals surface area contributed by atoms with Crippen molar-refractivity contribution in [2.45, 2.75) is 59.2 Å². The van der Waals surface area contributed by atoms with E-state index in [1.54, 1.807) is 4.90 Å². The molecule has 2 rings (SSSR count). The number of unbranched alkanes of at least 4 members (excludes halogenated alkanes) is 1. The van der Waals surface area contributed by atoms with Gasteiger partial charge in [0, 0.05) is 19.1 Å². The number of aryl methyl sites for hydroxylation is 2. The lowest BCUT2D eigenvalue weighted by Gasteiger charge is -2.23. The number of nitrogens with zero attached hydrogens (tertiary/aromatic N) is 1. The van der Waals surface area contributed by atoms with E-state index in [1.807, 2.05) is 0 Å². The first kappa shape index (κ1) is 21.0. The van der Waals surface area contributed by atoms with Crippen LogP contribution in [0.4, 0.5) is 4.79 Å². The largest absolute Gasteiger partial charge is 0.448 e. The average molecular weight is 369 g/mol. The Kier molecular flexibility index (Phi) is 8.34. The summed E-state index contributed by atoms with van der Waals surface area (Å²) in [4.78, 5) is 14.5. The fourth-order valence-electron chi connectivity index (χ4n) is 2.83. The van der Waals surface area contributed by atoms with Crippen LogP contribution >= 0.6 is 0 Å². The minimum atomic E-state index is -0.317. The van der Waals surface area contributed by atoms with Gasteiger partial charge in [-0.1, -0.05) is 79.4 Å². The normalized spacial score (nSPS) is 11.9. The summed E-state index contributed by atoms with van der Waals surface area (Å²) in [6.45, 7) is 7.52. The van der Waals surface area contributed by atoms with E-state index in [-0.39, 0.29) is 18.7 Å². The van der Waals surface area contributed by atoms with Crippen molar-refractivity contribution < 1.29 is 9.53 Å². The Labute approximate surface area is 163 Å². The molecular weight excluding hydrogens is 336 g/mol. The zero-order valence-electron chi connectivity index (χ0n) is 16.8. The molecule has 0 aliphatic rings. The molecule has 0 radical (unpaired) electrons. The quantitative estimate of drug-likeness (QED) is 0.680. The van der Waals surface area contributed by atoms with Crippen molar-refractivity contribution in [1.82, 2.24) is 4.90 Å². The second kappa shape index (κ2) is 10.7. The molecule has 2 aromatic rings. The van der Waals surface area contributed by atoms with Crippen LogP contribution < -0.4 is 5.73 Å².